The maximum absolute atomic E-state index is 12.2. The molecule has 0 fully saturated rings. The van der Waals surface area contributed by atoms with Crippen LogP contribution in [0.4, 0.5) is 0 Å². The lowest BCUT2D eigenvalue weighted by Crippen LogP contribution is -2.41. The van der Waals surface area contributed by atoms with Crippen molar-refractivity contribution in [3.8, 4) is 22.2 Å². The Balaban J connectivity index is 1.29. The van der Waals surface area contributed by atoms with Gasteiger partial charge in [-0.05, 0) is 24.3 Å². The van der Waals surface area contributed by atoms with Gasteiger partial charge in [0.25, 0.3) is 0 Å². The molecule has 1 aliphatic rings. The minimum absolute atomic E-state index is 0.0923. The number of pyridine rings is 1. The average Bonchev–Trinajstić information content (AvgIpc) is 3.15. The van der Waals surface area contributed by atoms with Crippen LogP contribution in [0.2, 0.25) is 0 Å². The Labute approximate surface area is 154 Å². The molecule has 0 radical (unpaired) electrons. The molecule has 2 aromatic heterocycles. The van der Waals surface area contributed by atoms with E-state index < -0.39 is 0 Å². The summed E-state index contributed by atoms with van der Waals surface area (Å²) in [6, 6.07) is 13.2. The lowest BCUT2D eigenvalue weighted by Gasteiger charge is -2.26. The molecule has 1 N–H and O–H groups in total. The number of ether oxygens (including phenoxy) is 2. The first kappa shape index (κ1) is 16.5. The molecule has 7 heteroatoms. The van der Waals surface area contributed by atoms with Gasteiger partial charge in [0, 0.05) is 11.6 Å². The predicted octanol–water partition coefficient (Wildman–Crippen LogP) is 2.70. The number of para-hydroxylation sites is 2. The number of nitrogens with one attached hydrogen (secondary N) is 1. The summed E-state index contributed by atoms with van der Waals surface area (Å²) in [5.74, 6) is 1.35. The van der Waals surface area contributed by atoms with Gasteiger partial charge in [-0.25, -0.2) is 4.98 Å². The minimum Gasteiger partial charge on any atom is -0.486 e. The Kier molecular flexibility index (Phi) is 4.79. The third kappa shape index (κ3) is 3.83. The number of fused-ring (bicyclic) bond motifs is 1. The minimum atomic E-state index is -0.201. The molecule has 1 atom stereocenters. The van der Waals surface area contributed by atoms with Crippen molar-refractivity contribution < 1.29 is 14.3 Å². The highest BCUT2D eigenvalue weighted by molar-refractivity contribution is 7.13. The SMILES string of the molecule is O=C(Cc1csc(-c2ccccn2)n1)NC[C@H]1COc2ccccc2O1. The summed E-state index contributed by atoms with van der Waals surface area (Å²) in [5, 5.41) is 5.59. The summed E-state index contributed by atoms with van der Waals surface area (Å²) >= 11 is 1.48. The molecule has 1 aromatic carbocycles. The number of hydrogen-bond donors (Lipinski definition) is 1. The van der Waals surface area contributed by atoms with Gasteiger partial charge in [-0.1, -0.05) is 18.2 Å². The molecule has 3 aromatic rings. The fourth-order valence-corrected chi connectivity index (χ4v) is 3.41. The molecule has 0 saturated carbocycles. The van der Waals surface area contributed by atoms with Crippen LogP contribution in [0, 0.1) is 0 Å². The van der Waals surface area contributed by atoms with Crippen LogP contribution in [0.3, 0.4) is 0 Å². The van der Waals surface area contributed by atoms with Gasteiger partial charge in [0.1, 0.15) is 17.7 Å². The summed E-state index contributed by atoms with van der Waals surface area (Å²) in [7, 11) is 0. The van der Waals surface area contributed by atoms with E-state index in [1.165, 1.54) is 11.3 Å². The van der Waals surface area contributed by atoms with Crippen molar-refractivity contribution in [1.82, 2.24) is 15.3 Å². The fraction of sp³-hybridized carbons (Fsp3) is 0.211. The highest BCUT2D eigenvalue weighted by Gasteiger charge is 2.21. The number of carbonyl (C=O) groups excluding carboxylic acids is 1. The number of aromatic nitrogens is 2. The van der Waals surface area contributed by atoms with Gasteiger partial charge >= 0.3 is 0 Å². The van der Waals surface area contributed by atoms with E-state index in [0.717, 1.165) is 22.1 Å². The molecule has 3 heterocycles. The molecule has 0 saturated heterocycles. The van der Waals surface area contributed by atoms with Crippen molar-refractivity contribution in [3.05, 3.63) is 59.7 Å². The Hall–Kier alpha value is -2.93. The van der Waals surface area contributed by atoms with Gasteiger partial charge in [-0.3, -0.25) is 9.78 Å². The topological polar surface area (TPSA) is 73.3 Å². The molecule has 1 amide bonds. The van der Waals surface area contributed by atoms with Crippen LogP contribution in [0.1, 0.15) is 5.69 Å². The molecule has 0 aliphatic carbocycles. The second-order valence-corrected chi connectivity index (χ2v) is 6.70. The van der Waals surface area contributed by atoms with Crippen LogP contribution in [0.5, 0.6) is 11.5 Å². The number of carbonyl (C=O) groups is 1. The van der Waals surface area contributed by atoms with Crippen molar-refractivity contribution in [2.24, 2.45) is 0 Å². The van der Waals surface area contributed by atoms with E-state index in [9.17, 15) is 4.79 Å². The van der Waals surface area contributed by atoms with Crippen molar-refractivity contribution in [2.75, 3.05) is 13.2 Å². The molecule has 1 aliphatic heterocycles. The quantitative estimate of drug-likeness (QED) is 0.751. The zero-order chi connectivity index (χ0) is 17.8. The third-order valence-corrected chi connectivity index (χ3v) is 4.79. The Morgan fingerprint density at radius 2 is 2.04 bits per heavy atom. The zero-order valence-electron chi connectivity index (χ0n) is 13.9. The Morgan fingerprint density at radius 1 is 1.19 bits per heavy atom. The highest BCUT2D eigenvalue weighted by atomic mass is 32.1. The lowest BCUT2D eigenvalue weighted by molar-refractivity contribution is -0.121. The maximum atomic E-state index is 12.2. The largest absolute Gasteiger partial charge is 0.486 e. The summed E-state index contributed by atoms with van der Waals surface area (Å²) in [6.45, 7) is 0.808. The second kappa shape index (κ2) is 7.53. The molecule has 0 unspecified atom stereocenters. The third-order valence-electron chi connectivity index (χ3n) is 3.87. The normalized spacial score (nSPS) is 15.5. The number of nitrogens with zero attached hydrogens (tertiary/aromatic N) is 2. The van der Waals surface area contributed by atoms with Crippen molar-refractivity contribution >= 4 is 17.2 Å². The van der Waals surface area contributed by atoms with Crippen molar-refractivity contribution in [2.45, 2.75) is 12.5 Å². The molecular formula is C19H17N3O3S. The smallest absolute Gasteiger partial charge is 0.226 e. The van der Waals surface area contributed by atoms with E-state index in [2.05, 4.69) is 15.3 Å². The van der Waals surface area contributed by atoms with Crippen molar-refractivity contribution in [1.29, 1.82) is 0 Å². The van der Waals surface area contributed by atoms with Crippen LogP contribution in [-0.2, 0) is 11.2 Å². The standard InChI is InChI=1S/C19H17N3O3S/c23-18(9-13-12-26-19(22-13)15-5-3-4-8-20-15)21-10-14-11-24-16-6-1-2-7-17(16)25-14/h1-8,12,14H,9-11H2,(H,21,23)/t14-/m0/s1. The van der Waals surface area contributed by atoms with Crippen LogP contribution in [0.15, 0.2) is 54.0 Å². The molecule has 4 rings (SSSR count). The number of rotatable bonds is 5. The van der Waals surface area contributed by atoms with E-state index in [0.29, 0.717) is 18.9 Å². The first-order valence-electron chi connectivity index (χ1n) is 8.29. The van der Waals surface area contributed by atoms with Gasteiger partial charge in [0.2, 0.25) is 5.91 Å². The van der Waals surface area contributed by atoms with E-state index in [1.807, 2.05) is 47.8 Å². The molecule has 0 spiro atoms. The number of amides is 1. The first-order valence-corrected chi connectivity index (χ1v) is 9.17. The van der Waals surface area contributed by atoms with Gasteiger partial charge in [-0.15, -0.1) is 11.3 Å². The molecular weight excluding hydrogens is 350 g/mol. The number of thiazole rings is 1. The molecule has 0 bridgehead atoms. The lowest BCUT2D eigenvalue weighted by atomic mass is 10.2. The van der Waals surface area contributed by atoms with Gasteiger partial charge < -0.3 is 14.8 Å². The number of benzene rings is 1. The van der Waals surface area contributed by atoms with E-state index in [-0.39, 0.29) is 18.4 Å². The molecule has 6 nitrogen and oxygen atoms in total. The monoisotopic (exact) mass is 367 g/mol. The van der Waals surface area contributed by atoms with E-state index >= 15 is 0 Å². The van der Waals surface area contributed by atoms with E-state index in [4.69, 9.17) is 9.47 Å². The van der Waals surface area contributed by atoms with Crippen molar-refractivity contribution in [3.63, 3.8) is 0 Å². The second-order valence-electron chi connectivity index (χ2n) is 5.84. The van der Waals surface area contributed by atoms with Gasteiger partial charge in [0.15, 0.2) is 11.5 Å². The Morgan fingerprint density at radius 3 is 2.88 bits per heavy atom. The predicted molar refractivity (Wildman–Crippen MR) is 98.4 cm³/mol. The van der Waals surface area contributed by atoms with E-state index in [1.54, 1.807) is 6.20 Å². The summed E-state index contributed by atoms with van der Waals surface area (Å²) in [5.41, 5.74) is 1.55. The van der Waals surface area contributed by atoms with Gasteiger partial charge in [0.05, 0.1) is 24.4 Å². The van der Waals surface area contributed by atoms with Crippen LogP contribution < -0.4 is 14.8 Å². The summed E-state index contributed by atoms with van der Waals surface area (Å²) in [4.78, 5) is 20.9. The van der Waals surface area contributed by atoms with Crippen LogP contribution in [-0.4, -0.2) is 35.1 Å². The zero-order valence-corrected chi connectivity index (χ0v) is 14.7. The maximum Gasteiger partial charge on any atom is 0.226 e. The van der Waals surface area contributed by atoms with Crippen LogP contribution in [0.25, 0.3) is 10.7 Å². The Bertz CT molecular complexity index is 898. The van der Waals surface area contributed by atoms with Crippen LogP contribution >= 0.6 is 11.3 Å². The summed E-state index contributed by atoms with van der Waals surface area (Å²) in [6.07, 6.45) is 1.76. The summed E-state index contributed by atoms with van der Waals surface area (Å²) < 4.78 is 11.5. The molecule has 26 heavy (non-hydrogen) atoms. The number of hydrogen-bond acceptors (Lipinski definition) is 6. The van der Waals surface area contributed by atoms with Gasteiger partial charge in [-0.2, -0.15) is 0 Å². The highest BCUT2D eigenvalue weighted by Crippen LogP contribution is 2.30. The molecule has 132 valence electrons. The average molecular weight is 367 g/mol. The fourth-order valence-electron chi connectivity index (χ4n) is 2.61. The first-order chi connectivity index (χ1) is 12.8.